The summed E-state index contributed by atoms with van der Waals surface area (Å²) in [5, 5.41) is 16.3. The monoisotopic (exact) mass is 324 g/mol. The average molecular weight is 325 g/mol. The molecule has 0 aliphatic rings. The number of hydrogen-bond acceptors (Lipinski definition) is 3. The van der Waals surface area contributed by atoms with Crippen LogP contribution in [-0.2, 0) is 4.89 Å². The fourth-order valence-corrected chi connectivity index (χ4v) is 0.813. The Kier molecular flexibility index (Phi) is 36.0. The van der Waals surface area contributed by atoms with Gasteiger partial charge in [-0.3, -0.25) is 5.26 Å². The van der Waals surface area contributed by atoms with Crippen molar-refractivity contribution in [3.63, 3.8) is 0 Å². The maximum Gasteiger partial charge on any atom is 0.115 e. The smallest absolute Gasteiger partial charge is 0.115 e. The van der Waals surface area contributed by atoms with Gasteiger partial charge in [-0.25, -0.2) is 4.89 Å². The van der Waals surface area contributed by atoms with Crippen LogP contribution < -0.4 is 0 Å². The molecule has 0 heterocycles. The van der Waals surface area contributed by atoms with E-state index in [2.05, 4.69) is 4.89 Å². The largest absolute Gasteiger partial charge is 0.508 e. The Labute approximate surface area is 143 Å². The van der Waals surface area contributed by atoms with E-state index in [1.165, 1.54) is 0 Å². The lowest BCUT2D eigenvalue weighted by molar-refractivity contribution is -0.269. The van der Waals surface area contributed by atoms with Crippen molar-refractivity contribution in [3.05, 3.63) is 66.7 Å². The zero-order chi connectivity index (χ0) is 17.6. The summed E-state index contributed by atoms with van der Waals surface area (Å²) in [5.74, 6) is 0.322. The second-order valence-corrected chi connectivity index (χ2v) is 3.64. The number of hydrogen-bond donors (Lipinski definition) is 2. The summed E-state index contributed by atoms with van der Waals surface area (Å²) in [6, 6.07) is 20.7. The maximum absolute atomic E-state index is 8.63. The minimum absolute atomic E-state index is 0. The highest BCUT2D eigenvalue weighted by Gasteiger charge is 1.81. The zero-order valence-electron chi connectivity index (χ0n) is 14.7. The summed E-state index contributed by atoms with van der Waals surface area (Å²) < 4.78 is 0. The molecule has 0 aromatic heterocycles. The van der Waals surface area contributed by atoms with E-state index in [4.69, 9.17) is 10.4 Å². The Morgan fingerprint density at radius 3 is 1.04 bits per heavy atom. The van der Waals surface area contributed by atoms with Gasteiger partial charge in [-0.15, -0.1) is 0 Å². The third kappa shape index (κ3) is 33.2. The van der Waals surface area contributed by atoms with Crippen molar-refractivity contribution in [2.45, 2.75) is 55.1 Å². The van der Waals surface area contributed by atoms with Crippen LogP contribution >= 0.6 is 0 Å². The maximum atomic E-state index is 8.63. The quantitative estimate of drug-likeness (QED) is 0.456. The van der Waals surface area contributed by atoms with Crippen molar-refractivity contribution in [3.8, 4) is 5.75 Å². The molecule has 0 saturated heterocycles. The van der Waals surface area contributed by atoms with Gasteiger partial charge in [0.05, 0.1) is 6.10 Å². The molecule has 2 aromatic carbocycles. The van der Waals surface area contributed by atoms with Gasteiger partial charge in [-0.2, -0.15) is 0 Å². The summed E-state index contributed by atoms with van der Waals surface area (Å²) in [6.07, 6.45) is -0.0602. The normalized spacial score (nSPS) is 7.30. The van der Waals surface area contributed by atoms with Crippen LogP contribution in [0.1, 0.15) is 49.0 Å². The van der Waals surface area contributed by atoms with Crippen LogP contribution in [0.3, 0.4) is 0 Å². The Morgan fingerprint density at radius 1 is 0.696 bits per heavy atom. The van der Waals surface area contributed by atoms with Crippen molar-refractivity contribution in [2.75, 3.05) is 0 Å². The topological polar surface area (TPSA) is 49.7 Å². The molecule has 2 aromatic rings. The predicted molar refractivity (Wildman–Crippen MR) is 103 cm³/mol. The summed E-state index contributed by atoms with van der Waals surface area (Å²) in [4.78, 5) is 3.75. The van der Waals surface area contributed by atoms with Crippen LogP contribution in [0.4, 0.5) is 0 Å². The lowest BCUT2D eigenvalue weighted by Gasteiger charge is -1.91. The first-order chi connectivity index (χ1) is 10.7. The Balaban J connectivity index is -0.000000105. The van der Waals surface area contributed by atoms with E-state index in [1.54, 1.807) is 38.1 Å². The van der Waals surface area contributed by atoms with E-state index >= 15 is 0 Å². The highest BCUT2D eigenvalue weighted by Crippen LogP contribution is 2.02. The van der Waals surface area contributed by atoms with E-state index in [1.807, 2.05) is 70.2 Å². The fourth-order valence-electron chi connectivity index (χ4n) is 0.813. The van der Waals surface area contributed by atoms with Gasteiger partial charge in [0.1, 0.15) is 5.75 Å². The first-order valence-corrected chi connectivity index (χ1v) is 7.71. The summed E-state index contributed by atoms with van der Waals surface area (Å²) in [7, 11) is 0. The Hall–Kier alpha value is -1.84. The molecule has 3 nitrogen and oxygen atoms in total. The molecule has 0 radical (unpaired) electrons. The molecule has 0 saturated carbocycles. The molecule has 2 rings (SSSR count). The summed E-state index contributed by atoms with van der Waals surface area (Å²) >= 11 is 0. The Morgan fingerprint density at radius 2 is 0.913 bits per heavy atom. The van der Waals surface area contributed by atoms with Crippen molar-refractivity contribution in [1.82, 2.24) is 0 Å². The minimum Gasteiger partial charge on any atom is -0.508 e. The van der Waals surface area contributed by atoms with Gasteiger partial charge in [0.25, 0.3) is 0 Å². The first kappa shape index (κ1) is 29.2. The highest BCUT2D eigenvalue weighted by molar-refractivity contribution is 5.18. The van der Waals surface area contributed by atoms with Gasteiger partial charge < -0.3 is 5.11 Å². The molecule has 0 fully saturated rings. The standard InChI is InChI=1S/C6H6O.C6H6.C3H8O2.2C2H6.CH4/c7-6-4-2-1-3-5-6;1-2-4-6-5-3-1;1-3(2)5-4;2*1-2;/h1-5,7H;1-6H;3-4H,1-2H3;2*1-2H3;1H4. The van der Waals surface area contributed by atoms with Crippen molar-refractivity contribution in [2.24, 2.45) is 0 Å². The van der Waals surface area contributed by atoms with Gasteiger partial charge in [0.15, 0.2) is 0 Å². The van der Waals surface area contributed by atoms with Crippen LogP contribution in [0.25, 0.3) is 0 Å². The van der Waals surface area contributed by atoms with Gasteiger partial charge in [-0.1, -0.05) is 89.7 Å². The third-order valence-electron chi connectivity index (χ3n) is 1.63. The lowest BCUT2D eigenvalue weighted by atomic mass is 10.3. The molecule has 0 aliphatic heterocycles. The molecule has 0 amide bonds. The zero-order valence-corrected chi connectivity index (χ0v) is 14.7. The molecule has 0 unspecified atom stereocenters. The van der Waals surface area contributed by atoms with E-state index in [0.29, 0.717) is 5.75 Å². The van der Waals surface area contributed by atoms with E-state index < -0.39 is 0 Å². The fraction of sp³-hybridized carbons (Fsp3) is 0.400. The lowest BCUT2D eigenvalue weighted by Crippen LogP contribution is -1.95. The highest BCUT2D eigenvalue weighted by atomic mass is 17.1. The number of rotatable bonds is 1. The van der Waals surface area contributed by atoms with Crippen LogP contribution in [0.2, 0.25) is 0 Å². The molecule has 0 bridgehead atoms. The number of phenolic OH excluding ortho intramolecular Hbond substituents is 1. The minimum atomic E-state index is -0.0602. The van der Waals surface area contributed by atoms with Crippen LogP contribution in [0, 0.1) is 0 Å². The average Bonchev–Trinajstić information content (AvgIpc) is 2.62. The first-order valence-electron chi connectivity index (χ1n) is 7.71. The second-order valence-electron chi connectivity index (χ2n) is 3.64. The number of benzene rings is 2. The number of aromatic hydroxyl groups is 1. The van der Waals surface area contributed by atoms with Crippen molar-refractivity contribution in [1.29, 1.82) is 0 Å². The Bertz CT molecular complexity index is 334. The van der Waals surface area contributed by atoms with Crippen LogP contribution in [-0.4, -0.2) is 16.5 Å². The molecule has 2 N–H and O–H groups in total. The van der Waals surface area contributed by atoms with Crippen LogP contribution in [0.5, 0.6) is 5.75 Å². The van der Waals surface area contributed by atoms with Crippen molar-refractivity contribution >= 4 is 0 Å². The number of phenols is 1. The summed E-state index contributed by atoms with van der Waals surface area (Å²) in [6.45, 7) is 11.5. The predicted octanol–water partition coefficient (Wildman–Crippen LogP) is 6.65. The molecule has 0 aliphatic carbocycles. The second kappa shape index (κ2) is 28.3. The van der Waals surface area contributed by atoms with Gasteiger partial charge in [0, 0.05) is 0 Å². The molecular formula is C20H36O3. The molecule has 23 heavy (non-hydrogen) atoms. The molecular weight excluding hydrogens is 288 g/mol. The van der Waals surface area contributed by atoms with Crippen molar-refractivity contribution < 1.29 is 15.3 Å². The van der Waals surface area contributed by atoms with E-state index in [9.17, 15) is 0 Å². The van der Waals surface area contributed by atoms with Gasteiger partial charge in [0.2, 0.25) is 0 Å². The molecule has 3 heteroatoms. The van der Waals surface area contributed by atoms with Crippen LogP contribution in [0.15, 0.2) is 66.7 Å². The molecule has 0 spiro atoms. The van der Waals surface area contributed by atoms with E-state index in [-0.39, 0.29) is 13.5 Å². The molecule has 134 valence electrons. The number of para-hydroxylation sites is 1. The van der Waals surface area contributed by atoms with Gasteiger partial charge >= 0.3 is 0 Å². The van der Waals surface area contributed by atoms with E-state index in [0.717, 1.165) is 0 Å². The summed E-state index contributed by atoms with van der Waals surface area (Å²) in [5.41, 5.74) is 0. The third-order valence-corrected chi connectivity index (χ3v) is 1.63. The molecule has 0 atom stereocenters. The SMILES string of the molecule is C.CC.CC.CC(C)OO.Oc1ccccc1.c1ccccc1. The van der Waals surface area contributed by atoms with Gasteiger partial charge in [-0.05, 0) is 26.0 Å².